The van der Waals surface area contributed by atoms with Gasteiger partial charge in [0.15, 0.2) is 0 Å². The lowest BCUT2D eigenvalue weighted by Gasteiger charge is -2.10. The van der Waals surface area contributed by atoms with Crippen molar-refractivity contribution in [3.05, 3.63) is 65.2 Å². The Balaban J connectivity index is 0.00000264. The van der Waals surface area contributed by atoms with E-state index in [0.29, 0.717) is 6.61 Å². The second-order valence-electron chi connectivity index (χ2n) is 4.86. The highest BCUT2D eigenvalue weighted by Crippen LogP contribution is 2.18. The molecule has 0 aromatic heterocycles. The molecule has 0 unspecified atom stereocenters. The molecule has 0 saturated carbocycles. The first kappa shape index (κ1) is 18.5. The molecule has 0 spiro atoms. The molecule has 2 amide bonds. The van der Waals surface area contributed by atoms with E-state index in [1.165, 1.54) is 6.34 Å². The fourth-order valence-corrected chi connectivity index (χ4v) is 1.97. The highest BCUT2D eigenvalue weighted by molar-refractivity contribution is 5.97. The first-order chi connectivity index (χ1) is 10.7. The Morgan fingerprint density at radius 2 is 1.74 bits per heavy atom. The van der Waals surface area contributed by atoms with Gasteiger partial charge in [-0.2, -0.15) is 0 Å². The van der Waals surface area contributed by atoms with Gasteiger partial charge >= 0.3 is 6.03 Å². The first-order valence-electron chi connectivity index (χ1n) is 6.98. The minimum atomic E-state index is -0.357. The number of para-hydroxylation sites is 1. The molecule has 0 aliphatic rings. The molecule has 6 heteroatoms. The summed E-state index contributed by atoms with van der Waals surface area (Å²) in [6.45, 7) is 4.25. The number of hydrogen-bond donors (Lipinski definition) is 2. The number of anilines is 1. The van der Waals surface area contributed by atoms with Crippen molar-refractivity contribution in [3.63, 3.8) is 0 Å². The van der Waals surface area contributed by atoms with Crippen LogP contribution in [0.1, 0.15) is 16.7 Å². The second kappa shape index (κ2) is 9.48. The number of aryl methyl sites for hydroxylation is 2. The maximum absolute atomic E-state index is 11.8. The molecule has 0 saturated heterocycles. The Bertz CT molecular complexity index is 640. The van der Waals surface area contributed by atoms with Crippen LogP contribution in [0.3, 0.4) is 0 Å². The number of rotatable bonds is 5. The molecule has 0 heterocycles. The number of carbonyl (C=O) groups is 1. The van der Waals surface area contributed by atoms with E-state index in [2.05, 4.69) is 15.8 Å². The van der Waals surface area contributed by atoms with Crippen LogP contribution < -0.4 is 10.6 Å². The molecular weight excluding hydrogens is 314 g/mol. The van der Waals surface area contributed by atoms with Crippen molar-refractivity contribution in [2.45, 2.75) is 20.5 Å². The Kier molecular flexibility index (Phi) is 7.63. The van der Waals surface area contributed by atoms with Crippen molar-refractivity contribution in [2.24, 2.45) is 5.16 Å². The predicted octanol–water partition coefficient (Wildman–Crippen LogP) is 4.01. The largest absolute Gasteiger partial charge is 0.390 e. The third-order valence-electron chi connectivity index (χ3n) is 3.12. The van der Waals surface area contributed by atoms with Crippen LogP contribution in [-0.4, -0.2) is 12.4 Å². The highest BCUT2D eigenvalue weighted by atomic mass is 35.5. The van der Waals surface area contributed by atoms with Crippen LogP contribution in [0.4, 0.5) is 10.5 Å². The third kappa shape index (κ3) is 6.00. The van der Waals surface area contributed by atoms with E-state index in [4.69, 9.17) is 4.84 Å². The van der Waals surface area contributed by atoms with E-state index in [9.17, 15) is 4.79 Å². The number of nitrogens with zero attached hydrogens (tertiary/aromatic N) is 1. The van der Waals surface area contributed by atoms with E-state index in [1.807, 2.05) is 62.4 Å². The zero-order chi connectivity index (χ0) is 15.8. The number of carbonyl (C=O) groups excluding carboxylic acids is 1. The SMILES string of the molecule is Cc1cccc(C)c1NC(=O)N/C=N/OCc1ccccc1.Cl. The summed E-state index contributed by atoms with van der Waals surface area (Å²) in [5, 5.41) is 8.99. The lowest BCUT2D eigenvalue weighted by Crippen LogP contribution is -2.28. The summed E-state index contributed by atoms with van der Waals surface area (Å²) < 4.78 is 0. The predicted molar refractivity (Wildman–Crippen MR) is 95.0 cm³/mol. The van der Waals surface area contributed by atoms with Gasteiger partial charge in [-0.25, -0.2) is 4.79 Å². The van der Waals surface area contributed by atoms with E-state index in [-0.39, 0.29) is 18.4 Å². The zero-order valence-corrected chi connectivity index (χ0v) is 13.9. The van der Waals surface area contributed by atoms with Gasteiger partial charge in [0.1, 0.15) is 12.9 Å². The van der Waals surface area contributed by atoms with Crippen LogP contribution >= 0.6 is 12.4 Å². The number of hydrogen-bond acceptors (Lipinski definition) is 3. The van der Waals surface area contributed by atoms with Crippen LogP contribution in [0.15, 0.2) is 53.7 Å². The summed E-state index contributed by atoms with van der Waals surface area (Å²) >= 11 is 0. The van der Waals surface area contributed by atoms with Crippen molar-refractivity contribution in [1.29, 1.82) is 0 Å². The van der Waals surface area contributed by atoms with Gasteiger partial charge in [0, 0.05) is 5.69 Å². The molecule has 0 aliphatic heterocycles. The van der Waals surface area contributed by atoms with Crippen molar-refractivity contribution in [1.82, 2.24) is 5.32 Å². The molecule has 2 N–H and O–H groups in total. The monoisotopic (exact) mass is 333 g/mol. The number of urea groups is 1. The number of benzene rings is 2. The molecule has 2 rings (SSSR count). The molecule has 0 aliphatic carbocycles. The highest BCUT2D eigenvalue weighted by Gasteiger charge is 2.05. The van der Waals surface area contributed by atoms with Crippen LogP contribution in [0, 0.1) is 13.8 Å². The molecule has 2 aromatic carbocycles. The van der Waals surface area contributed by atoms with Gasteiger partial charge in [0.2, 0.25) is 0 Å². The van der Waals surface area contributed by atoms with Gasteiger partial charge in [0.05, 0.1) is 0 Å². The van der Waals surface area contributed by atoms with Crippen molar-refractivity contribution in [2.75, 3.05) is 5.32 Å². The number of nitrogens with one attached hydrogen (secondary N) is 2. The third-order valence-corrected chi connectivity index (χ3v) is 3.12. The number of oxime groups is 1. The van der Waals surface area contributed by atoms with Crippen LogP contribution in [0.25, 0.3) is 0 Å². The minimum Gasteiger partial charge on any atom is -0.390 e. The van der Waals surface area contributed by atoms with Gasteiger partial charge in [0.25, 0.3) is 0 Å². The zero-order valence-electron chi connectivity index (χ0n) is 13.1. The fourth-order valence-electron chi connectivity index (χ4n) is 1.97. The topological polar surface area (TPSA) is 62.7 Å². The second-order valence-corrected chi connectivity index (χ2v) is 4.86. The molecule has 0 fully saturated rings. The maximum Gasteiger partial charge on any atom is 0.324 e. The lowest BCUT2D eigenvalue weighted by atomic mass is 10.1. The van der Waals surface area contributed by atoms with E-state index >= 15 is 0 Å². The summed E-state index contributed by atoms with van der Waals surface area (Å²) in [4.78, 5) is 16.9. The summed E-state index contributed by atoms with van der Waals surface area (Å²) in [6, 6.07) is 15.2. The molecule has 0 atom stereocenters. The number of halogens is 1. The molecule has 122 valence electrons. The molecule has 23 heavy (non-hydrogen) atoms. The number of amides is 2. The molecule has 2 aromatic rings. The summed E-state index contributed by atoms with van der Waals surface area (Å²) in [6.07, 6.45) is 1.23. The summed E-state index contributed by atoms with van der Waals surface area (Å²) in [5.74, 6) is 0. The van der Waals surface area contributed by atoms with Gasteiger partial charge < -0.3 is 10.2 Å². The Hall–Kier alpha value is -2.53. The van der Waals surface area contributed by atoms with Crippen LogP contribution in [0.5, 0.6) is 0 Å². The molecule has 0 radical (unpaired) electrons. The summed E-state index contributed by atoms with van der Waals surface area (Å²) in [5.41, 5.74) is 3.83. The smallest absolute Gasteiger partial charge is 0.324 e. The normalized spacial score (nSPS) is 10.0. The van der Waals surface area contributed by atoms with E-state index in [1.54, 1.807) is 0 Å². The van der Waals surface area contributed by atoms with Crippen molar-refractivity contribution < 1.29 is 9.63 Å². The quantitative estimate of drug-likeness (QED) is 0.493. The van der Waals surface area contributed by atoms with E-state index in [0.717, 1.165) is 22.4 Å². The van der Waals surface area contributed by atoms with Crippen LogP contribution in [0.2, 0.25) is 0 Å². The molecule has 0 bridgehead atoms. The molecular formula is C17H20ClN3O2. The Morgan fingerprint density at radius 1 is 1.09 bits per heavy atom. The Morgan fingerprint density at radius 3 is 2.39 bits per heavy atom. The van der Waals surface area contributed by atoms with E-state index < -0.39 is 0 Å². The summed E-state index contributed by atoms with van der Waals surface area (Å²) in [7, 11) is 0. The van der Waals surface area contributed by atoms with Gasteiger partial charge in [-0.1, -0.05) is 53.7 Å². The lowest BCUT2D eigenvalue weighted by molar-refractivity contribution is 0.131. The first-order valence-corrected chi connectivity index (χ1v) is 6.98. The minimum absolute atomic E-state index is 0. The molecule has 5 nitrogen and oxygen atoms in total. The van der Waals surface area contributed by atoms with Crippen molar-refractivity contribution >= 4 is 30.5 Å². The standard InChI is InChI=1S/C17H19N3O2.ClH/c1-13-7-6-8-14(2)16(13)20-17(21)18-12-19-22-11-15-9-4-3-5-10-15;/h3-10,12H,11H2,1-2H3,(H2,18,19,20,21);1H. The van der Waals surface area contributed by atoms with Gasteiger partial charge in [-0.3, -0.25) is 5.32 Å². The Labute approximate surface area is 142 Å². The van der Waals surface area contributed by atoms with Gasteiger partial charge in [-0.05, 0) is 30.5 Å². The van der Waals surface area contributed by atoms with Crippen molar-refractivity contribution in [3.8, 4) is 0 Å². The van der Waals surface area contributed by atoms with Crippen LogP contribution in [-0.2, 0) is 11.4 Å². The average Bonchev–Trinajstić information content (AvgIpc) is 2.52. The average molecular weight is 334 g/mol. The maximum atomic E-state index is 11.8. The van der Waals surface area contributed by atoms with Gasteiger partial charge in [-0.15, -0.1) is 12.4 Å². The fraction of sp³-hybridized carbons (Fsp3) is 0.176.